The molecule has 0 aromatic carbocycles. The first-order chi connectivity index (χ1) is 19.9. The molecule has 0 saturated carbocycles. The molecule has 1 aliphatic heterocycles. The van der Waals surface area contributed by atoms with Crippen molar-refractivity contribution in [3.05, 3.63) is 32.9 Å². The Morgan fingerprint density at radius 1 is 1.29 bits per heavy atom. The van der Waals surface area contributed by atoms with Gasteiger partial charge >= 0.3 is 0 Å². The van der Waals surface area contributed by atoms with Gasteiger partial charge in [0, 0.05) is 35.3 Å². The van der Waals surface area contributed by atoms with Crippen molar-refractivity contribution in [3.63, 3.8) is 0 Å². The molecule has 1 spiro atoms. The number of likely N-dealkylation sites (tertiary alicyclic amines) is 1. The van der Waals surface area contributed by atoms with Gasteiger partial charge in [0.15, 0.2) is 17.3 Å². The highest BCUT2D eigenvalue weighted by molar-refractivity contribution is 7.16. The van der Waals surface area contributed by atoms with E-state index in [4.69, 9.17) is 25.6 Å². The Labute approximate surface area is 243 Å². The summed E-state index contributed by atoms with van der Waals surface area (Å²) in [6.45, 7) is 3.42. The van der Waals surface area contributed by atoms with E-state index in [1.807, 2.05) is 0 Å². The molecule has 0 radical (unpaired) electrons. The zero-order valence-corrected chi connectivity index (χ0v) is 24.4. The standard InChI is InChI=1S/C29H37N9O2S/c1-16(20-7-5-12-38(20)2)34-27-19(15-31)26(33-11-13-39)35-28(36-27)23-17-6-3-9-29(24(17)40-37-23)10-4-8-21-22(29)18(14-30)25(32)41-21/h15-16,20,31,39H,3-13,32H2,1-2H3,(H2,33,34,35,36). The van der Waals surface area contributed by atoms with Crippen molar-refractivity contribution in [3.8, 4) is 17.6 Å². The third-order valence-electron chi connectivity index (χ3n) is 9.08. The number of aromatic nitrogens is 3. The molecule has 11 nitrogen and oxygen atoms in total. The highest BCUT2D eigenvalue weighted by Crippen LogP contribution is 2.55. The summed E-state index contributed by atoms with van der Waals surface area (Å²) in [7, 11) is 2.14. The summed E-state index contributed by atoms with van der Waals surface area (Å²) in [6, 6.07) is 2.82. The lowest BCUT2D eigenvalue weighted by molar-refractivity contribution is 0.265. The lowest BCUT2D eigenvalue weighted by atomic mass is 9.63. The van der Waals surface area contributed by atoms with Crippen LogP contribution >= 0.6 is 11.3 Å². The number of aryl methyl sites for hydroxylation is 1. The summed E-state index contributed by atoms with van der Waals surface area (Å²) < 4.78 is 6.19. The van der Waals surface area contributed by atoms with E-state index in [0.717, 1.165) is 74.8 Å². The predicted octanol–water partition coefficient (Wildman–Crippen LogP) is 3.90. The van der Waals surface area contributed by atoms with Gasteiger partial charge in [0.1, 0.15) is 22.7 Å². The van der Waals surface area contributed by atoms with Gasteiger partial charge < -0.3 is 36.3 Å². The molecule has 4 heterocycles. The summed E-state index contributed by atoms with van der Waals surface area (Å²) in [5, 5.41) is 39.6. The number of aliphatic hydroxyl groups is 1. The van der Waals surface area contributed by atoms with Gasteiger partial charge in [0.25, 0.3) is 0 Å². The van der Waals surface area contributed by atoms with Crippen LogP contribution in [0.4, 0.5) is 16.6 Å². The second kappa shape index (κ2) is 11.0. The first kappa shape index (κ1) is 27.6. The van der Waals surface area contributed by atoms with Gasteiger partial charge in [-0.3, -0.25) is 0 Å². The van der Waals surface area contributed by atoms with E-state index in [9.17, 15) is 10.4 Å². The third kappa shape index (κ3) is 4.56. The summed E-state index contributed by atoms with van der Waals surface area (Å²) in [6.07, 6.45) is 8.86. The largest absolute Gasteiger partial charge is 0.395 e. The van der Waals surface area contributed by atoms with Gasteiger partial charge in [-0.1, -0.05) is 5.16 Å². The van der Waals surface area contributed by atoms with E-state index in [0.29, 0.717) is 45.3 Å². The maximum atomic E-state index is 10.0. The number of likely N-dealkylation sites (N-methyl/N-ethyl adjacent to an activating group) is 1. The van der Waals surface area contributed by atoms with Crippen LogP contribution in [0.1, 0.15) is 78.3 Å². The van der Waals surface area contributed by atoms with Crippen LogP contribution in [-0.4, -0.2) is 70.2 Å². The van der Waals surface area contributed by atoms with Crippen LogP contribution in [-0.2, 0) is 18.3 Å². The van der Waals surface area contributed by atoms with Gasteiger partial charge in [-0.2, -0.15) is 5.26 Å². The highest BCUT2D eigenvalue weighted by Gasteiger charge is 2.48. The van der Waals surface area contributed by atoms with Crippen LogP contribution in [0, 0.1) is 16.7 Å². The van der Waals surface area contributed by atoms with E-state index >= 15 is 0 Å². The summed E-state index contributed by atoms with van der Waals surface area (Å²) >= 11 is 1.53. The van der Waals surface area contributed by atoms with Crippen LogP contribution in [0.3, 0.4) is 0 Å². The van der Waals surface area contributed by atoms with Crippen molar-refractivity contribution in [2.24, 2.45) is 0 Å². The molecular weight excluding hydrogens is 538 g/mol. The van der Waals surface area contributed by atoms with Gasteiger partial charge in [0.2, 0.25) is 0 Å². The van der Waals surface area contributed by atoms with Gasteiger partial charge in [-0.15, -0.1) is 11.3 Å². The minimum Gasteiger partial charge on any atom is -0.395 e. The summed E-state index contributed by atoms with van der Waals surface area (Å²) in [5.74, 6) is 2.23. The van der Waals surface area contributed by atoms with Crippen LogP contribution in [0.25, 0.3) is 11.5 Å². The van der Waals surface area contributed by atoms with E-state index in [2.05, 4.69) is 40.7 Å². The van der Waals surface area contributed by atoms with Crippen molar-refractivity contribution in [1.29, 1.82) is 10.7 Å². The number of anilines is 3. The maximum absolute atomic E-state index is 10.0. The monoisotopic (exact) mass is 575 g/mol. The van der Waals surface area contributed by atoms with Crippen LogP contribution in [0.5, 0.6) is 0 Å². The van der Waals surface area contributed by atoms with E-state index in [-0.39, 0.29) is 19.2 Å². The molecular formula is C29H37N9O2S. The lowest BCUT2D eigenvalue weighted by Crippen LogP contribution is -2.39. The predicted molar refractivity (Wildman–Crippen MR) is 160 cm³/mol. The Bertz CT molecular complexity index is 1500. The molecule has 216 valence electrons. The number of nitrogens with two attached hydrogens (primary N) is 1. The van der Waals surface area contributed by atoms with Crippen molar-refractivity contribution in [1.82, 2.24) is 20.0 Å². The molecule has 1 saturated heterocycles. The molecule has 1 fully saturated rings. The summed E-state index contributed by atoms with van der Waals surface area (Å²) in [4.78, 5) is 13.3. The first-order valence-corrected chi connectivity index (χ1v) is 15.3. The number of rotatable bonds is 8. The Morgan fingerprint density at radius 3 is 2.78 bits per heavy atom. The van der Waals surface area contributed by atoms with E-state index in [1.54, 1.807) is 0 Å². The van der Waals surface area contributed by atoms with Gasteiger partial charge in [-0.05, 0) is 77.4 Å². The molecule has 6 N–H and O–H groups in total. The second-order valence-electron chi connectivity index (χ2n) is 11.5. The molecule has 0 amide bonds. The maximum Gasteiger partial charge on any atom is 0.186 e. The number of nitriles is 1. The fourth-order valence-electron chi connectivity index (χ4n) is 7.23. The average molecular weight is 576 g/mol. The molecule has 3 unspecified atom stereocenters. The Balaban J connectivity index is 1.45. The molecule has 12 heteroatoms. The molecule has 3 atom stereocenters. The first-order valence-electron chi connectivity index (χ1n) is 14.5. The fraction of sp³-hybridized carbons (Fsp3) is 0.552. The van der Waals surface area contributed by atoms with Crippen molar-refractivity contribution in [2.45, 2.75) is 75.8 Å². The topological polar surface area (TPSA) is 173 Å². The minimum absolute atomic E-state index is 0.0714. The molecule has 6 rings (SSSR count). The smallest absolute Gasteiger partial charge is 0.186 e. The van der Waals surface area contributed by atoms with E-state index in [1.165, 1.54) is 22.4 Å². The van der Waals surface area contributed by atoms with Crippen molar-refractivity contribution in [2.75, 3.05) is 43.1 Å². The fourth-order valence-corrected chi connectivity index (χ4v) is 8.39. The van der Waals surface area contributed by atoms with Gasteiger partial charge in [0.05, 0.1) is 23.1 Å². The molecule has 0 bridgehead atoms. The number of nitrogen functional groups attached to an aromatic ring is 1. The number of nitrogens with zero attached hydrogens (tertiary/aromatic N) is 5. The Hall–Kier alpha value is -3.53. The third-order valence-corrected chi connectivity index (χ3v) is 10.2. The number of hydrogen-bond acceptors (Lipinski definition) is 12. The van der Waals surface area contributed by atoms with E-state index < -0.39 is 5.41 Å². The molecule has 3 aliphatic rings. The second-order valence-corrected chi connectivity index (χ2v) is 12.6. The average Bonchev–Trinajstić information content (AvgIpc) is 3.68. The lowest BCUT2D eigenvalue weighted by Gasteiger charge is -2.39. The van der Waals surface area contributed by atoms with Crippen LogP contribution in [0.15, 0.2) is 4.52 Å². The quantitative estimate of drug-likeness (QED) is 0.248. The van der Waals surface area contributed by atoms with Crippen molar-refractivity contribution >= 4 is 34.2 Å². The minimum atomic E-state index is -0.429. The highest BCUT2D eigenvalue weighted by atomic mass is 32.1. The Morgan fingerprint density at radius 2 is 2.07 bits per heavy atom. The number of hydrogen-bond donors (Lipinski definition) is 5. The zero-order chi connectivity index (χ0) is 28.7. The zero-order valence-electron chi connectivity index (χ0n) is 23.6. The molecule has 3 aromatic heterocycles. The molecule has 41 heavy (non-hydrogen) atoms. The summed E-state index contributed by atoms with van der Waals surface area (Å²) in [5.41, 5.74) is 9.58. The number of thiophene rings is 1. The normalized spacial score (nSPS) is 22.6. The Kier molecular flexibility index (Phi) is 7.44. The van der Waals surface area contributed by atoms with Gasteiger partial charge in [-0.25, -0.2) is 9.97 Å². The SMILES string of the molecule is CC(Nc1nc(-c2noc3c2CCCC32CCCc3sc(N)c(C#N)c32)nc(NCCO)c1C=N)C1CCCN1C. The van der Waals surface area contributed by atoms with Crippen LogP contribution < -0.4 is 16.4 Å². The number of fused-ring (bicyclic) bond motifs is 4. The van der Waals surface area contributed by atoms with Crippen LogP contribution in [0.2, 0.25) is 0 Å². The number of nitrogens with one attached hydrogen (secondary N) is 3. The number of aliphatic hydroxyl groups excluding tert-OH is 1. The molecule has 2 aliphatic carbocycles. The molecule has 3 aromatic rings. The van der Waals surface area contributed by atoms with Crippen molar-refractivity contribution < 1.29 is 9.63 Å².